The monoisotopic (exact) mass is 307 g/mol. The van der Waals surface area contributed by atoms with Crippen LogP contribution in [-0.4, -0.2) is 16.5 Å². The minimum atomic E-state index is 0.522. The zero-order chi connectivity index (χ0) is 14.1. The zero-order valence-electron chi connectivity index (χ0n) is 10.9. The van der Waals surface area contributed by atoms with Crippen LogP contribution in [0.5, 0.6) is 0 Å². The molecule has 1 aliphatic carbocycles. The van der Waals surface area contributed by atoms with E-state index in [1.165, 1.54) is 5.56 Å². The Morgan fingerprint density at radius 1 is 1.25 bits per heavy atom. The van der Waals surface area contributed by atoms with E-state index in [-0.39, 0.29) is 0 Å². The molecule has 2 aromatic rings. The van der Waals surface area contributed by atoms with E-state index < -0.39 is 0 Å². The van der Waals surface area contributed by atoms with Crippen molar-refractivity contribution in [3.05, 3.63) is 45.7 Å². The third kappa shape index (κ3) is 2.66. The van der Waals surface area contributed by atoms with Crippen molar-refractivity contribution in [3.63, 3.8) is 0 Å². The van der Waals surface area contributed by atoms with Crippen molar-refractivity contribution in [1.29, 1.82) is 0 Å². The molecule has 3 nitrogen and oxygen atoms in total. The van der Waals surface area contributed by atoms with Crippen molar-refractivity contribution >= 4 is 23.2 Å². The Morgan fingerprint density at radius 2 is 2.10 bits per heavy atom. The number of aromatic nitrogens is 2. The Bertz CT molecular complexity index is 643. The van der Waals surface area contributed by atoms with E-state index in [0.29, 0.717) is 21.8 Å². The fourth-order valence-corrected chi connectivity index (χ4v) is 2.86. The number of nitrogens with two attached hydrogens (primary N) is 1. The molecule has 0 radical (unpaired) electrons. The highest BCUT2D eigenvalue weighted by Gasteiger charge is 2.19. The number of halogens is 2. The molecule has 1 aromatic heterocycles. The van der Waals surface area contributed by atoms with Gasteiger partial charge in [-0.25, -0.2) is 9.97 Å². The van der Waals surface area contributed by atoms with Gasteiger partial charge in [0.2, 0.25) is 0 Å². The van der Waals surface area contributed by atoms with Crippen LogP contribution in [0.3, 0.4) is 0 Å². The predicted octanol–water partition coefficient (Wildman–Crippen LogP) is 3.51. The van der Waals surface area contributed by atoms with Crippen LogP contribution in [0.4, 0.5) is 0 Å². The summed E-state index contributed by atoms with van der Waals surface area (Å²) in [6, 6.07) is 5.46. The van der Waals surface area contributed by atoms with Crippen molar-refractivity contribution < 1.29 is 0 Å². The van der Waals surface area contributed by atoms with Crippen molar-refractivity contribution in [3.8, 4) is 11.4 Å². The first-order valence-electron chi connectivity index (χ1n) is 6.67. The Kier molecular flexibility index (Phi) is 3.92. The molecule has 1 unspecified atom stereocenters. The van der Waals surface area contributed by atoms with Gasteiger partial charge in [0, 0.05) is 17.5 Å². The van der Waals surface area contributed by atoms with Crippen molar-refractivity contribution in [2.45, 2.75) is 19.3 Å². The van der Waals surface area contributed by atoms with E-state index in [4.69, 9.17) is 28.9 Å². The molecular weight excluding hydrogens is 293 g/mol. The van der Waals surface area contributed by atoms with Crippen LogP contribution in [0.25, 0.3) is 11.4 Å². The standard InChI is InChI=1S/C15H15Cl2N3/c16-12-3-2-10(6-13(12)17)15-19-8-11-5-9(7-18)1-4-14(11)20-15/h2-3,6,8-9H,1,4-5,7,18H2. The fourth-order valence-electron chi connectivity index (χ4n) is 2.56. The summed E-state index contributed by atoms with van der Waals surface area (Å²) >= 11 is 12.0. The summed E-state index contributed by atoms with van der Waals surface area (Å²) in [5, 5.41) is 1.06. The molecule has 0 amide bonds. The molecule has 0 saturated heterocycles. The second-order valence-electron chi connectivity index (χ2n) is 5.14. The molecule has 20 heavy (non-hydrogen) atoms. The van der Waals surface area contributed by atoms with Gasteiger partial charge in [0.1, 0.15) is 0 Å². The molecule has 1 atom stereocenters. The first-order valence-corrected chi connectivity index (χ1v) is 7.43. The highest BCUT2D eigenvalue weighted by atomic mass is 35.5. The average Bonchev–Trinajstić information content (AvgIpc) is 2.49. The molecule has 1 aromatic carbocycles. The highest BCUT2D eigenvalue weighted by Crippen LogP contribution is 2.29. The van der Waals surface area contributed by atoms with Gasteiger partial charge in [0.05, 0.1) is 10.0 Å². The number of hydrogen-bond donors (Lipinski definition) is 1. The average molecular weight is 308 g/mol. The number of nitrogens with zero attached hydrogens (tertiary/aromatic N) is 2. The predicted molar refractivity (Wildman–Crippen MR) is 82.1 cm³/mol. The lowest BCUT2D eigenvalue weighted by Crippen LogP contribution is -2.23. The summed E-state index contributed by atoms with van der Waals surface area (Å²) < 4.78 is 0. The summed E-state index contributed by atoms with van der Waals surface area (Å²) in [7, 11) is 0. The maximum Gasteiger partial charge on any atom is 0.159 e. The van der Waals surface area contributed by atoms with E-state index in [2.05, 4.69) is 9.97 Å². The Morgan fingerprint density at radius 3 is 2.85 bits per heavy atom. The van der Waals surface area contributed by atoms with Crippen LogP contribution in [0.2, 0.25) is 10.0 Å². The van der Waals surface area contributed by atoms with E-state index in [1.807, 2.05) is 12.3 Å². The van der Waals surface area contributed by atoms with E-state index in [0.717, 1.165) is 37.1 Å². The third-order valence-corrected chi connectivity index (χ3v) is 4.50. The number of hydrogen-bond acceptors (Lipinski definition) is 3. The summed E-state index contributed by atoms with van der Waals surface area (Å²) in [4.78, 5) is 9.12. The van der Waals surface area contributed by atoms with Crippen LogP contribution in [0, 0.1) is 5.92 Å². The lowest BCUT2D eigenvalue weighted by atomic mass is 9.87. The van der Waals surface area contributed by atoms with Crippen LogP contribution in [0.15, 0.2) is 24.4 Å². The molecule has 104 valence electrons. The third-order valence-electron chi connectivity index (χ3n) is 3.76. The first kappa shape index (κ1) is 13.8. The van der Waals surface area contributed by atoms with E-state index >= 15 is 0 Å². The number of rotatable bonds is 2. The molecule has 1 heterocycles. The molecule has 0 fully saturated rings. The zero-order valence-corrected chi connectivity index (χ0v) is 12.5. The van der Waals surface area contributed by atoms with Gasteiger partial charge in [0.15, 0.2) is 5.82 Å². The van der Waals surface area contributed by atoms with Gasteiger partial charge in [-0.3, -0.25) is 0 Å². The van der Waals surface area contributed by atoms with Gasteiger partial charge in [-0.1, -0.05) is 23.2 Å². The van der Waals surface area contributed by atoms with Crippen LogP contribution in [0.1, 0.15) is 17.7 Å². The number of benzene rings is 1. The summed E-state index contributed by atoms with van der Waals surface area (Å²) in [6.07, 6.45) is 4.96. The Hall–Kier alpha value is -1.16. The van der Waals surface area contributed by atoms with Crippen LogP contribution < -0.4 is 5.73 Å². The lowest BCUT2D eigenvalue weighted by molar-refractivity contribution is 0.462. The summed E-state index contributed by atoms with van der Waals surface area (Å²) in [5.41, 5.74) is 8.98. The van der Waals surface area contributed by atoms with E-state index in [1.54, 1.807) is 12.1 Å². The molecule has 2 N–H and O–H groups in total. The minimum absolute atomic E-state index is 0.522. The number of fused-ring (bicyclic) bond motifs is 1. The van der Waals surface area contributed by atoms with Gasteiger partial charge in [-0.15, -0.1) is 0 Å². The molecule has 3 rings (SSSR count). The maximum atomic E-state index is 6.04. The molecule has 0 saturated carbocycles. The van der Waals surface area contributed by atoms with Crippen LogP contribution >= 0.6 is 23.2 Å². The SMILES string of the molecule is NCC1CCc2nc(-c3ccc(Cl)c(Cl)c3)ncc2C1. The summed E-state index contributed by atoms with van der Waals surface area (Å²) in [5.74, 6) is 1.26. The quantitative estimate of drug-likeness (QED) is 0.923. The molecule has 0 bridgehead atoms. The van der Waals surface area contributed by atoms with Crippen molar-refractivity contribution in [2.24, 2.45) is 11.7 Å². The van der Waals surface area contributed by atoms with Crippen molar-refractivity contribution in [1.82, 2.24) is 9.97 Å². The first-order chi connectivity index (χ1) is 9.67. The second-order valence-corrected chi connectivity index (χ2v) is 5.95. The fraction of sp³-hybridized carbons (Fsp3) is 0.333. The van der Waals surface area contributed by atoms with Gasteiger partial charge >= 0.3 is 0 Å². The molecule has 5 heteroatoms. The topological polar surface area (TPSA) is 51.8 Å². The van der Waals surface area contributed by atoms with Gasteiger partial charge in [-0.05, 0) is 55.5 Å². The Balaban J connectivity index is 1.94. The maximum absolute atomic E-state index is 6.04. The highest BCUT2D eigenvalue weighted by molar-refractivity contribution is 6.42. The molecule has 1 aliphatic rings. The normalized spacial score (nSPS) is 17.9. The summed E-state index contributed by atoms with van der Waals surface area (Å²) in [6.45, 7) is 0.730. The minimum Gasteiger partial charge on any atom is -0.330 e. The smallest absolute Gasteiger partial charge is 0.159 e. The molecule has 0 aliphatic heterocycles. The number of aryl methyl sites for hydroxylation is 1. The van der Waals surface area contributed by atoms with Crippen LogP contribution in [-0.2, 0) is 12.8 Å². The second kappa shape index (κ2) is 5.68. The van der Waals surface area contributed by atoms with Gasteiger partial charge in [-0.2, -0.15) is 0 Å². The van der Waals surface area contributed by atoms with Gasteiger partial charge < -0.3 is 5.73 Å². The largest absolute Gasteiger partial charge is 0.330 e. The molecular formula is C15H15Cl2N3. The molecule has 0 spiro atoms. The van der Waals surface area contributed by atoms with Gasteiger partial charge in [0.25, 0.3) is 0 Å². The van der Waals surface area contributed by atoms with Crippen molar-refractivity contribution in [2.75, 3.05) is 6.54 Å². The lowest BCUT2D eigenvalue weighted by Gasteiger charge is -2.22. The Labute approximate surface area is 128 Å². The van der Waals surface area contributed by atoms with E-state index in [9.17, 15) is 0 Å².